The number of hydrogen-bond acceptors (Lipinski definition) is 7. The van der Waals surface area contributed by atoms with Gasteiger partial charge in [0.2, 0.25) is 10.0 Å². The molecule has 3 aromatic rings. The van der Waals surface area contributed by atoms with E-state index in [2.05, 4.69) is 4.98 Å². The maximum Gasteiger partial charge on any atom is 0.306 e. The molecule has 0 fully saturated rings. The highest BCUT2D eigenvalue weighted by Gasteiger charge is 2.27. The van der Waals surface area contributed by atoms with Crippen molar-refractivity contribution in [3.8, 4) is 5.75 Å². The number of benzene rings is 2. The average Bonchev–Trinajstić information content (AvgIpc) is 2.69. The molecule has 0 saturated heterocycles. The summed E-state index contributed by atoms with van der Waals surface area (Å²) in [6, 6.07) is 14.8. The molecule has 0 aliphatic carbocycles. The van der Waals surface area contributed by atoms with Gasteiger partial charge in [-0.15, -0.1) is 0 Å². The molecule has 0 radical (unpaired) electrons. The molecule has 0 atom stereocenters. The van der Waals surface area contributed by atoms with Crippen LogP contribution in [0.3, 0.4) is 0 Å². The Hall–Kier alpha value is -2.53. The van der Waals surface area contributed by atoms with Crippen LogP contribution in [0.5, 0.6) is 5.75 Å². The quantitative estimate of drug-likeness (QED) is 0.461. The molecule has 0 N–H and O–H groups in total. The monoisotopic (exact) mass is 450 g/mol. The van der Waals surface area contributed by atoms with Crippen molar-refractivity contribution in [1.29, 1.82) is 0 Å². The Balaban J connectivity index is 1.99. The van der Waals surface area contributed by atoms with E-state index in [-0.39, 0.29) is 30.3 Å². The zero-order valence-corrected chi connectivity index (χ0v) is 18.2. The third kappa shape index (κ3) is 5.33. The molecular formula is C20H22N2O6S2. The van der Waals surface area contributed by atoms with Gasteiger partial charge in [0.15, 0.2) is 0 Å². The van der Waals surface area contributed by atoms with E-state index in [1.54, 1.807) is 42.6 Å². The number of pyridine rings is 1. The van der Waals surface area contributed by atoms with Crippen molar-refractivity contribution in [3.63, 3.8) is 0 Å². The van der Waals surface area contributed by atoms with Gasteiger partial charge >= 0.3 is 10.1 Å². The Morgan fingerprint density at radius 3 is 2.47 bits per heavy atom. The molecule has 0 unspecified atom stereocenters. The van der Waals surface area contributed by atoms with Gasteiger partial charge in [-0.05, 0) is 29.8 Å². The van der Waals surface area contributed by atoms with Crippen LogP contribution in [0.4, 0.5) is 0 Å². The number of nitrogens with zero attached hydrogens (tertiary/aromatic N) is 2. The van der Waals surface area contributed by atoms with Crippen molar-refractivity contribution in [2.24, 2.45) is 0 Å². The second-order valence-corrected chi connectivity index (χ2v) is 10.1. The van der Waals surface area contributed by atoms with Crippen LogP contribution in [-0.2, 0) is 31.4 Å². The summed E-state index contributed by atoms with van der Waals surface area (Å²) in [4.78, 5) is 4.35. The second-order valence-electron chi connectivity index (χ2n) is 6.60. The Morgan fingerprint density at radius 1 is 1.00 bits per heavy atom. The van der Waals surface area contributed by atoms with Gasteiger partial charge in [0.05, 0.1) is 18.4 Å². The van der Waals surface area contributed by atoms with Gasteiger partial charge < -0.3 is 8.92 Å². The molecule has 1 aromatic heterocycles. The molecule has 3 rings (SSSR count). The summed E-state index contributed by atoms with van der Waals surface area (Å²) in [5.74, 6) is 0.117. The molecule has 0 aliphatic heterocycles. The van der Waals surface area contributed by atoms with Crippen molar-refractivity contribution >= 4 is 31.0 Å². The predicted molar refractivity (Wildman–Crippen MR) is 113 cm³/mol. The molecule has 0 bridgehead atoms. The fourth-order valence-electron chi connectivity index (χ4n) is 2.97. The Morgan fingerprint density at radius 2 is 1.73 bits per heavy atom. The third-order valence-corrected chi connectivity index (χ3v) is 6.64. The normalized spacial score (nSPS) is 12.4. The highest BCUT2D eigenvalue weighted by molar-refractivity contribution is 7.89. The largest absolute Gasteiger partial charge is 0.383 e. The van der Waals surface area contributed by atoms with E-state index in [1.807, 2.05) is 0 Å². The first-order valence-electron chi connectivity index (χ1n) is 9.02. The van der Waals surface area contributed by atoms with Gasteiger partial charge in [0.25, 0.3) is 0 Å². The molecule has 1 heterocycles. The Labute approximate surface area is 176 Å². The first-order chi connectivity index (χ1) is 14.2. The van der Waals surface area contributed by atoms with Crippen LogP contribution in [0.15, 0.2) is 65.7 Å². The van der Waals surface area contributed by atoms with E-state index < -0.39 is 20.1 Å². The minimum absolute atomic E-state index is 0.00980. The van der Waals surface area contributed by atoms with Crippen molar-refractivity contribution in [2.45, 2.75) is 11.4 Å². The molecular weight excluding hydrogens is 428 g/mol. The van der Waals surface area contributed by atoms with E-state index in [0.717, 1.165) is 6.26 Å². The van der Waals surface area contributed by atoms with E-state index in [0.29, 0.717) is 16.5 Å². The van der Waals surface area contributed by atoms with Crippen LogP contribution in [0, 0.1) is 0 Å². The minimum Gasteiger partial charge on any atom is -0.383 e. The van der Waals surface area contributed by atoms with Gasteiger partial charge in [0.1, 0.15) is 10.6 Å². The predicted octanol–water partition coefficient (Wildman–Crippen LogP) is 2.41. The van der Waals surface area contributed by atoms with Gasteiger partial charge in [-0.3, -0.25) is 4.98 Å². The van der Waals surface area contributed by atoms with Crippen LogP contribution >= 0.6 is 0 Å². The number of sulfonamides is 1. The highest BCUT2D eigenvalue weighted by atomic mass is 32.2. The maximum absolute atomic E-state index is 13.5. The van der Waals surface area contributed by atoms with Crippen LogP contribution in [-0.4, -0.2) is 52.6 Å². The molecule has 8 nitrogen and oxygen atoms in total. The second kappa shape index (κ2) is 9.09. The first kappa shape index (κ1) is 22.2. The zero-order valence-electron chi connectivity index (χ0n) is 16.6. The maximum atomic E-state index is 13.5. The molecule has 10 heteroatoms. The Kier molecular flexibility index (Phi) is 6.71. The lowest BCUT2D eigenvalue weighted by atomic mass is 10.2. The smallest absolute Gasteiger partial charge is 0.306 e. The van der Waals surface area contributed by atoms with Crippen LogP contribution < -0.4 is 4.18 Å². The lowest BCUT2D eigenvalue weighted by Crippen LogP contribution is -2.33. The summed E-state index contributed by atoms with van der Waals surface area (Å²) in [7, 11) is -6.12. The molecule has 0 amide bonds. The fraction of sp³-hybridized carbons (Fsp3) is 0.250. The number of aromatic nitrogens is 1. The molecule has 0 spiro atoms. The molecule has 0 saturated carbocycles. The number of fused-ring (bicyclic) bond motifs is 1. The van der Waals surface area contributed by atoms with E-state index in [9.17, 15) is 16.8 Å². The molecule has 30 heavy (non-hydrogen) atoms. The van der Waals surface area contributed by atoms with Crippen LogP contribution in [0.25, 0.3) is 10.9 Å². The van der Waals surface area contributed by atoms with Gasteiger partial charge in [-0.1, -0.05) is 30.3 Å². The number of rotatable bonds is 9. The van der Waals surface area contributed by atoms with E-state index >= 15 is 0 Å². The zero-order chi connectivity index (χ0) is 21.8. The summed E-state index contributed by atoms with van der Waals surface area (Å²) >= 11 is 0. The number of para-hydroxylation sites is 1. The third-order valence-electron chi connectivity index (χ3n) is 4.26. The number of ether oxygens (including phenoxy) is 1. The molecule has 160 valence electrons. The number of hydrogen-bond donors (Lipinski definition) is 0. The van der Waals surface area contributed by atoms with Crippen molar-refractivity contribution in [3.05, 3.63) is 66.4 Å². The average molecular weight is 451 g/mol. The topological polar surface area (TPSA) is 103 Å². The summed E-state index contributed by atoms with van der Waals surface area (Å²) in [5.41, 5.74) is 0.959. The summed E-state index contributed by atoms with van der Waals surface area (Å²) < 4.78 is 61.0. The number of methoxy groups -OCH3 is 1. The SMILES string of the molecule is COCCN(Cc1cccc(OS(C)(=O)=O)c1)S(=O)(=O)c1cccc2cccnc12. The Bertz CT molecular complexity index is 1240. The highest BCUT2D eigenvalue weighted by Crippen LogP contribution is 2.26. The van der Waals surface area contributed by atoms with Gasteiger partial charge in [0, 0.05) is 31.8 Å². The first-order valence-corrected chi connectivity index (χ1v) is 12.3. The van der Waals surface area contributed by atoms with Crippen LogP contribution in [0.1, 0.15) is 5.56 Å². The van der Waals surface area contributed by atoms with Gasteiger partial charge in [-0.2, -0.15) is 12.7 Å². The van der Waals surface area contributed by atoms with Crippen molar-refractivity contribution in [2.75, 3.05) is 26.5 Å². The minimum atomic E-state index is -3.91. The standard InChI is InChI=1S/C20H22N2O6S2/c1-27-13-12-22(15-16-6-3-9-18(14-16)28-29(2,23)24)30(25,26)19-10-4-7-17-8-5-11-21-20(17)19/h3-11,14H,12-13,15H2,1-2H3. The molecule has 0 aliphatic rings. The van der Waals surface area contributed by atoms with E-state index in [1.165, 1.54) is 29.6 Å². The van der Waals surface area contributed by atoms with Crippen molar-refractivity contribution < 1.29 is 25.8 Å². The summed E-state index contributed by atoms with van der Waals surface area (Å²) in [6.45, 7) is 0.312. The van der Waals surface area contributed by atoms with E-state index in [4.69, 9.17) is 8.92 Å². The lowest BCUT2D eigenvalue weighted by molar-refractivity contribution is 0.177. The van der Waals surface area contributed by atoms with Gasteiger partial charge in [-0.25, -0.2) is 8.42 Å². The lowest BCUT2D eigenvalue weighted by Gasteiger charge is -2.23. The fourth-order valence-corrected chi connectivity index (χ4v) is 5.01. The van der Waals surface area contributed by atoms with Crippen LogP contribution in [0.2, 0.25) is 0 Å². The summed E-state index contributed by atoms with van der Waals surface area (Å²) in [6.07, 6.45) is 2.50. The summed E-state index contributed by atoms with van der Waals surface area (Å²) in [5, 5.41) is 0.716. The van der Waals surface area contributed by atoms with Crippen molar-refractivity contribution in [1.82, 2.24) is 9.29 Å². The molecule has 2 aromatic carbocycles.